The molecule has 24 heavy (non-hydrogen) atoms. The second-order valence-electron chi connectivity index (χ2n) is 6.04. The van der Waals surface area contributed by atoms with Crippen molar-refractivity contribution in [3.63, 3.8) is 0 Å². The van der Waals surface area contributed by atoms with Gasteiger partial charge >= 0.3 is 0 Å². The van der Waals surface area contributed by atoms with Crippen molar-refractivity contribution < 1.29 is 9.47 Å². The van der Waals surface area contributed by atoms with Gasteiger partial charge in [0.15, 0.2) is 5.96 Å². The average molecular weight is 449 g/mol. The van der Waals surface area contributed by atoms with Crippen LogP contribution in [0, 0.1) is 0 Å². The number of halogens is 1. The Labute approximate surface area is 163 Å². The van der Waals surface area contributed by atoms with Crippen LogP contribution in [-0.4, -0.2) is 45.4 Å². The molecule has 0 aliphatic carbocycles. The van der Waals surface area contributed by atoms with E-state index in [4.69, 9.17) is 9.47 Å². The molecule has 0 spiro atoms. The molecule has 0 saturated heterocycles. The lowest BCUT2D eigenvalue weighted by Gasteiger charge is -2.21. The van der Waals surface area contributed by atoms with Crippen LogP contribution in [0.5, 0.6) is 5.75 Å². The van der Waals surface area contributed by atoms with E-state index >= 15 is 0 Å². The van der Waals surface area contributed by atoms with Gasteiger partial charge in [-0.05, 0) is 51.3 Å². The third-order valence-electron chi connectivity index (χ3n) is 3.61. The van der Waals surface area contributed by atoms with Crippen molar-refractivity contribution in [1.29, 1.82) is 0 Å². The van der Waals surface area contributed by atoms with Crippen molar-refractivity contribution in [2.45, 2.75) is 39.2 Å². The number of ether oxygens (including phenoxy) is 2. The van der Waals surface area contributed by atoms with Gasteiger partial charge in [0.25, 0.3) is 0 Å². The number of aryl methyl sites for hydroxylation is 1. The van der Waals surface area contributed by atoms with Crippen LogP contribution >= 0.6 is 24.0 Å². The molecule has 138 valence electrons. The van der Waals surface area contributed by atoms with Crippen LogP contribution in [-0.2, 0) is 11.2 Å². The number of benzene rings is 1. The Morgan fingerprint density at radius 3 is 2.33 bits per heavy atom. The smallest absolute Gasteiger partial charge is 0.191 e. The summed E-state index contributed by atoms with van der Waals surface area (Å²) in [5.74, 6) is 1.74. The highest BCUT2D eigenvalue weighted by Crippen LogP contribution is 2.12. The highest BCUT2D eigenvalue weighted by atomic mass is 127. The predicted octanol–water partition coefficient (Wildman–Crippen LogP) is 3.23. The molecule has 0 aliphatic heterocycles. The zero-order valence-electron chi connectivity index (χ0n) is 15.5. The van der Waals surface area contributed by atoms with Gasteiger partial charge in [0.1, 0.15) is 5.75 Å². The monoisotopic (exact) mass is 449 g/mol. The molecule has 0 bridgehead atoms. The summed E-state index contributed by atoms with van der Waals surface area (Å²) in [7, 11) is 3.40. The zero-order valence-corrected chi connectivity index (χ0v) is 17.8. The van der Waals surface area contributed by atoms with Crippen molar-refractivity contribution in [2.24, 2.45) is 4.99 Å². The van der Waals surface area contributed by atoms with Crippen molar-refractivity contribution >= 4 is 29.9 Å². The van der Waals surface area contributed by atoms with Crippen LogP contribution in [0.3, 0.4) is 0 Å². The Balaban J connectivity index is 0.00000529. The number of hydrogen-bond donors (Lipinski definition) is 2. The summed E-state index contributed by atoms with van der Waals surface area (Å²) in [5.41, 5.74) is 1.07. The van der Waals surface area contributed by atoms with Crippen LogP contribution in [0.15, 0.2) is 29.3 Å². The molecule has 1 aromatic rings. The van der Waals surface area contributed by atoms with Crippen LogP contribution in [0.1, 0.15) is 32.8 Å². The quantitative estimate of drug-likeness (QED) is 0.263. The minimum Gasteiger partial charge on any atom is -0.497 e. The van der Waals surface area contributed by atoms with Gasteiger partial charge in [-0.15, -0.1) is 24.0 Å². The number of methoxy groups -OCH3 is 2. The van der Waals surface area contributed by atoms with Crippen molar-refractivity contribution in [1.82, 2.24) is 10.6 Å². The average Bonchev–Trinajstić information content (AvgIpc) is 2.57. The van der Waals surface area contributed by atoms with Crippen LogP contribution in [0.25, 0.3) is 0 Å². The minimum absolute atomic E-state index is 0. The maximum atomic E-state index is 5.40. The Kier molecular flexibility index (Phi) is 11.8. The van der Waals surface area contributed by atoms with Crippen molar-refractivity contribution in [3.8, 4) is 5.75 Å². The van der Waals surface area contributed by atoms with Gasteiger partial charge in [-0.1, -0.05) is 12.1 Å². The molecule has 0 heterocycles. The first-order chi connectivity index (χ1) is 11.0. The molecule has 6 heteroatoms. The molecule has 0 aromatic heterocycles. The summed E-state index contributed by atoms with van der Waals surface area (Å²) in [6, 6.07) is 8.22. The first-order valence-electron chi connectivity index (χ1n) is 8.21. The van der Waals surface area contributed by atoms with Gasteiger partial charge in [-0.25, -0.2) is 0 Å². The standard InChI is InChI=1S/C18H31N3O2.HI/c1-6-19-17(21-14-18(2,3)23-5)20-13-7-8-15-9-11-16(22-4)12-10-15;/h9-12H,6-8,13-14H2,1-5H3,(H2,19,20,21);1H. The van der Waals surface area contributed by atoms with Gasteiger partial charge in [-0.2, -0.15) is 0 Å². The Bertz CT molecular complexity index is 476. The highest BCUT2D eigenvalue weighted by Gasteiger charge is 2.15. The largest absolute Gasteiger partial charge is 0.497 e. The predicted molar refractivity (Wildman–Crippen MR) is 112 cm³/mol. The number of nitrogens with zero attached hydrogens (tertiary/aromatic N) is 1. The topological polar surface area (TPSA) is 54.9 Å². The lowest BCUT2D eigenvalue weighted by atomic mass is 10.1. The summed E-state index contributed by atoms with van der Waals surface area (Å²) in [4.78, 5) is 4.58. The molecule has 0 saturated carbocycles. The Morgan fingerprint density at radius 1 is 1.12 bits per heavy atom. The first-order valence-corrected chi connectivity index (χ1v) is 8.21. The van der Waals surface area contributed by atoms with E-state index < -0.39 is 0 Å². The van der Waals surface area contributed by atoms with E-state index in [2.05, 4.69) is 34.7 Å². The minimum atomic E-state index is -0.245. The van der Waals surface area contributed by atoms with Gasteiger partial charge < -0.3 is 20.1 Å². The number of nitrogens with one attached hydrogen (secondary N) is 2. The normalized spacial score (nSPS) is 11.6. The van der Waals surface area contributed by atoms with Crippen LogP contribution < -0.4 is 15.4 Å². The van der Waals surface area contributed by atoms with Crippen molar-refractivity contribution in [2.75, 3.05) is 33.9 Å². The third kappa shape index (κ3) is 9.32. The molecule has 0 amide bonds. The summed E-state index contributed by atoms with van der Waals surface area (Å²) >= 11 is 0. The van der Waals surface area contributed by atoms with Gasteiger partial charge in [0.05, 0.1) is 19.3 Å². The van der Waals surface area contributed by atoms with Crippen LogP contribution in [0.4, 0.5) is 0 Å². The van der Waals surface area contributed by atoms with Crippen LogP contribution in [0.2, 0.25) is 0 Å². The molecule has 5 nitrogen and oxygen atoms in total. The number of rotatable bonds is 9. The van der Waals surface area contributed by atoms with E-state index in [0.29, 0.717) is 6.54 Å². The first kappa shape index (κ1) is 23.0. The fourth-order valence-corrected chi connectivity index (χ4v) is 1.97. The Hall–Kier alpha value is -1.02. The maximum absolute atomic E-state index is 5.40. The lowest BCUT2D eigenvalue weighted by molar-refractivity contribution is 0.0310. The van der Waals surface area contributed by atoms with E-state index in [-0.39, 0.29) is 29.6 Å². The molecule has 0 fully saturated rings. The van der Waals surface area contributed by atoms with Gasteiger partial charge in [-0.3, -0.25) is 4.99 Å². The summed E-state index contributed by atoms with van der Waals surface area (Å²) in [6.45, 7) is 8.48. The number of hydrogen-bond acceptors (Lipinski definition) is 3. The molecule has 0 radical (unpaired) electrons. The SMILES string of the molecule is CCNC(=NCC(C)(C)OC)NCCCc1ccc(OC)cc1.I. The lowest BCUT2D eigenvalue weighted by Crippen LogP contribution is -2.39. The van der Waals surface area contributed by atoms with E-state index in [0.717, 1.165) is 37.6 Å². The van der Waals surface area contributed by atoms with E-state index in [1.807, 2.05) is 26.0 Å². The Morgan fingerprint density at radius 2 is 1.79 bits per heavy atom. The third-order valence-corrected chi connectivity index (χ3v) is 3.61. The summed E-state index contributed by atoms with van der Waals surface area (Å²) < 4.78 is 10.6. The van der Waals surface area contributed by atoms with Gasteiger partial charge in [0.2, 0.25) is 0 Å². The fraction of sp³-hybridized carbons (Fsp3) is 0.611. The maximum Gasteiger partial charge on any atom is 0.191 e. The summed E-state index contributed by atoms with van der Waals surface area (Å²) in [5, 5.41) is 6.63. The molecule has 1 rings (SSSR count). The molecule has 0 atom stereocenters. The van der Waals surface area contributed by atoms with E-state index in [9.17, 15) is 0 Å². The van der Waals surface area contributed by atoms with E-state index in [1.54, 1.807) is 14.2 Å². The molecule has 0 aliphatic rings. The molecule has 2 N–H and O–H groups in total. The molecular weight excluding hydrogens is 417 g/mol. The van der Waals surface area contributed by atoms with Crippen molar-refractivity contribution in [3.05, 3.63) is 29.8 Å². The zero-order chi connectivity index (χ0) is 17.1. The van der Waals surface area contributed by atoms with Gasteiger partial charge in [0, 0.05) is 20.2 Å². The number of guanidine groups is 1. The second kappa shape index (κ2) is 12.4. The molecule has 0 unspecified atom stereocenters. The highest BCUT2D eigenvalue weighted by molar-refractivity contribution is 14.0. The fourth-order valence-electron chi connectivity index (χ4n) is 1.97. The molecule has 1 aromatic carbocycles. The van der Waals surface area contributed by atoms with E-state index in [1.165, 1.54) is 5.56 Å². The second-order valence-corrected chi connectivity index (χ2v) is 6.04. The molecular formula is C18H32IN3O2. The summed E-state index contributed by atoms with van der Waals surface area (Å²) in [6.07, 6.45) is 2.07. The number of aliphatic imine (C=N–C) groups is 1.